The van der Waals surface area contributed by atoms with Crippen LogP contribution < -0.4 is 4.72 Å². The molecule has 0 aliphatic heterocycles. The molecule has 0 saturated carbocycles. The van der Waals surface area contributed by atoms with E-state index in [1.807, 2.05) is 36.4 Å². The van der Waals surface area contributed by atoms with Crippen LogP contribution in [0.15, 0.2) is 47.4 Å². The Bertz CT molecular complexity index is 842. The van der Waals surface area contributed by atoms with Crippen molar-refractivity contribution in [3.63, 3.8) is 0 Å². The van der Waals surface area contributed by atoms with E-state index in [1.165, 1.54) is 89.9 Å². The lowest BCUT2D eigenvalue weighted by Gasteiger charge is -2.09. The van der Waals surface area contributed by atoms with Gasteiger partial charge in [-0.25, -0.2) is 13.1 Å². The molecule has 0 amide bonds. The molecule has 1 N–H and O–H groups in total. The maximum Gasteiger partial charge on any atom is 0.241 e. The third-order valence-electron chi connectivity index (χ3n) is 6.36. The lowest BCUT2D eigenvalue weighted by molar-refractivity contribution is 0.528. The lowest BCUT2D eigenvalue weighted by Crippen LogP contribution is -2.25. The first-order chi connectivity index (χ1) is 15.6. The molecule has 0 heterocycles. The third kappa shape index (κ3) is 10.5. The van der Waals surface area contributed by atoms with Gasteiger partial charge in [0.05, 0.1) is 4.90 Å². The van der Waals surface area contributed by atoms with E-state index in [0.717, 1.165) is 23.6 Å². The first-order valence-corrected chi connectivity index (χ1v) is 14.6. The van der Waals surface area contributed by atoms with Gasteiger partial charge in [0.2, 0.25) is 10.0 Å². The standard InChI is InChI=1S/C28H45NO2S/c1-2-3-4-5-6-7-8-9-10-11-12-13-14-15-16-19-25-29-32(30,31)28-24-20-22-26-21-17-18-23-27(26)28/h17-18,20-24,29H,2-16,19,25H2,1H3. The van der Waals surface area contributed by atoms with Crippen molar-refractivity contribution < 1.29 is 8.42 Å². The number of rotatable bonds is 19. The van der Waals surface area contributed by atoms with Crippen LogP contribution in [-0.2, 0) is 10.0 Å². The molecule has 3 nitrogen and oxygen atoms in total. The fourth-order valence-electron chi connectivity index (χ4n) is 4.39. The zero-order valence-corrected chi connectivity index (χ0v) is 21.1. The molecule has 0 saturated heterocycles. The van der Waals surface area contributed by atoms with Crippen molar-refractivity contribution in [1.29, 1.82) is 0 Å². The maximum absolute atomic E-state index is 12.7. The van der Waals surface area contributed by atoms with Crippen LogP contribution in [0.4, 0.5) is 0 Å². The van der Waals surface area contributed by atoms with E-state index in [2.05, 4.69) is 11.6 Å². The van der Waals surface area contributed by atoms with Crippen molar-refractivity contribution in [1.82, 2.24) is 4.72 Å². The van der Waals surface area contributed by atoms with Gasteiger partial charge in [0.15, 0.2) is 0 Å². The number of sulfonamides is 1. The topological polar surface area (TPSA) is 46.2 Å². The number of benzene rings is 2. The van der Waals surface area contributed by atoms with Crippen molar-refractivity contribution in [3.8, 4) is 0 Å². The lowest BCUT2D eigenvalue weighted by atomic mass is 10.0. The highest BCUT2D eigenvalue weighted by atomic mass is 32.2. The van der Waals surface area contributed by atoms with Crippen molar-refractivity contribution >= 4 is 20.8 Å². The van der Waals surface area contributed by atoms with Crippen LogP contribution in [0.2, 0.25) is 0 Å². The minimum Gasteiger partial charge on any atom is -0.211 e. The third-order valence-corrected chi connectivity index (χ3v) is 7.88. The highest BCUT2D eigenvalue weighted by molar-refractivity contribution is 7.89. The average molecular weight is 460 g/mol. The first-order valence-electron chi connectivity index (χ1n) is 13.1. The summed E-state index contributed by atoms with van der Waals surface area (Å²) in [7, 11) is -3.46. The van der Waals surface area contributed by atoms with Crippen molar-refractivity contribution in [3.05, 3.63) is 42.5 Å². The molecule has 0 aliphatic carbocycles. The molecule has 0 bridgehead atoms. The maximum atomic E-state index is 12.7. The predicted molar refractivity (Wildman–Crippen MR) is 139 cm³/mol. The van der Waals surface area contributed by atoms with Gasteiger partial charge in [0, 0.05) is 11.9 Å². The van der Waals surface area contributed by atoms with E-state index >= 15 is 0 Å². The Morgan fingerprint density at radius 3 is 1.62 bits per heavy atom. The molecule has 0 radical (unpaired) electrons. The van der Waals surface area contributed by atoms with Gasteiger partial charge in [0.25, 0.3) is 0 Å². The summed E-state index contributed by atoms with van der Waals surface area (Å²) in [5, 5.41) is 1.74. The van der Waals surface area contributed by atoms with E-state index in [4.69, 9.17) is 0 Å². The highest BCUT2D eigenvalue weighted by Gasteiger charge is 2.16. The molecule has 0 spiro atoms. The number of unbranched alkanes of at least 4 members (excludes halogenated alkanes) is 15. The molecule has 2 aromatic rings. The zero-order valence-electron chi connectivity index (χ0n) is 20.3. The Morgan fingerprint density at radius 2 is 1.06 bits per heavy atom. The quantitative estimate of drug-likeness (QED) is 0.214. The molecule has 2 rings (SSSR count). The number of nitrogens with one attached hydrogen (secondary N) is 1. The molecule has 0 atom stereocenters. The van der Waals surface area contributed by atoms with Crippen molar-refractivity contribution in [2.45, 2.75) is 115 Å². The largest absolute Gasteiger partial charge is 0.241 e. The molecule has 2 aromatic carbocycles. The molecule has 0 fully saturated rings. The number of fused-ring (bicyclic) bond motifs is 1. The van der Waals surface area contributed by atoms with E-state index in [-0.39, 0.29) is 0 Å². The van der Waals surface area contributed by atoms with Gasteiger partial charge in [0.1, 0.15) is 0 Å². The van der Waals surface area contributed by atoms with Crippen LogP contribution in [-0.4, -0.2) is 15.0 Å². The molecule has 0 aliphatic rings. The van der Waals surface area contributed by atoms with Crippen LogP contribution in [0.3, 0.4) is 0 Å². The zero-order chi connectivity index (χ0) is 22.9. The molecule has 180 valence electrons. The number of hydrogen-bond acceptors (Lipinski definition) is 2. The smallest absolute Gasteiger partial charge is 0.211 e. The Kier molecular flexibility index (Phi) is 13.6. The van der Waals surface area contributed by atoms with Gasteiger partial charge in [-0.15, -0.1) is 0 Å². The van der Waals surface area contributed by atoms with Crippen molar-refractivity contribution in [2.75, 3.05) is 6.54 Å². The molecular formula is C28H45NO2S. The molecule has 0 aromatic heterocycles. The SMILES string of the molecule is CCCCCCCCCCCCCCCCCCNS(=O)(=O)c1cccc2ccccc12. The summed E-state index contributed by atoms with van der Waals surface area (Å²) in [6.45, 7) is 2.79. The van der Waals surface area contributed by atoms with Gasteiger partial charge >= 0.3 is 0 Å². The Morgan fingerprint density at radius 1 is 0.594 bits per heavy atom. The number of hydrogen-bond donors (Lipinski definition) is 1. The van der Waals surface area contributed by atoms with Crippen LogP contribution in [0.25, 0.3) is 10.8 Å². The van der Waals surface area contributed by atoms with Gasteiger partial charge in [-0.05, 0) is 17.9 Å². The summed E-state index contributed by atoms with van der Waals surface area (Å²) in [6.07, 6.45) is 21.2. The van der Waals surface area contributed by atoms with Crippen LogP contribution >= 0.6 is 0 Å². The van der Waals surface area contributed by atoms with E-state index in [9.17, 15) is 8.42 Å². The summed E-state index contributed by atoms with van der Waals surface area (Å²) in [6, 6.07) is 13.1. The van der Waals surface area contributed by atoms with Gasteiger partial charge < -0.3 is 0 Å². The van der Waals surface area contributed by atoms with Gasteiger partial charge in [-0.3, -0.25) is 0 Å². The second-order valence-corrected chi connectivity index (χ2v) is 10.9. The summed E-state index contributed by atoms with van der Waals surface area (Å²) >= 11 is 0. The molecule has 4 heteroatoms. The predicted octanol–water partition coefficient (Wildman–Crippen LogP) is 8.38. The second-order valence-electron chi connectivity index (χ2n) is 9.18. The Hall–Kier alpha value is -1.39. The first kappa shape index (κ1) is 26.9. The Balaban J connectivity index is 1.45. The minimum atomic E-state index is -3.46. The fraction of sp³-hybridized carbons (Fsp3) is 0.643. The summed E-state index contributed by atoms with van der Waals surface area (Å²) in [4.78, 5) is 0.382. The molecule has 32 heavy (non-hydrogen) atoms. The molecule has 0 unspecified atom stereocenters. The normalized spacial score (nSPS) is 11.9. The molecular weight excluding hydrogens is 414 g/mol. The van der Waals surface area contributed by atoms with Crippen LogP contribution in [0, 0.1) is 0 Å². The highest BCUT2D eigenvalue weighted by Crippen LogP contribution is 2.22. The summed E-state index contributed by atoms with van der Waals surface area (Å²) in [5.74, 6) is 0. The van der Waals surface area contributed by atoms with Gasteiger partial charge in [-0.1, -0.05) is 140 Å². The minimum absolute atomic E-state index is 0.382. The fourth-order valence-corrected chi connectivity index (χ4v) is 5.69. The van der Waals surface area contributed by atoms with E-state index in [0.29, 0.717) is 11.4 Å². The van der Waals surface area contributed by atoms with Crippen LogP contribution in [0.5, 0.6) is 0 Å². The summed E-state index contributed by atoms with van der Waals surface area (Å²) in [5.41, 5.74) is 0. The monoisotopic (exact) mass is 459 g/mol. The van der Waals surface area contributed by atoms with Crippen LogP contribution in [0.1, 0.15) is 110 Å². The van der Waals surface area contributed by atoms with Gasteiger partial charge in [-0.2, -0.15) is 0 Å². The average Bonchev–Trinajstić information content (AvgIpc) is 2.80. The van der Waals surface area contributed by atoms with E-state index < -0.39 is 10.0 Å². The Labute approximate surface area is 197 Å². The summed E-state index contributed by atoms with van der Waals surface area (Å²) < 4.78 is 28.2. The van der Waals surface area contributed by atoms with E-state index in [1.54, 1.807) is 6.07 Å². The second kappa shape index (κ2) is 16.3. The van der Waals surface area contributed by atoms with Crippen molar-refractivity contribution in [2.24, 2.45) is 0 Å².